The number of nitrogens with one attached hydrogen (secondary N) is 1. The normalized spacial score (nSPS) is 12.8. The van der Waals surface area contributed by atoms with Crippen molar-refractivity contribution in [3.8, 4) is 0 Å². The number of hydrogen-bond donors (Lipinski definition) is 2. The summed E-state index contributed by atoms with van der Waals surface area (Å²) in [6, 6.07) is 5.42. The van der Waals surface area contributed by atoms with E-state index in [0.29, 0.717) is 22.0 Å². The van der Waals surface area contributed by atoms with E-state index in [2.05, 4.69) is 31.4 Å². The highest BCUT2D eigenvalue weighted by Gasteiger charge is 2.21. The summed E-state index contributed by atoms with van der Waals surface area (Å²) in [4.78, 5) is 16.9. The first kappa shape index (κ1) is 22.7. The quantitative estimate of drug-likeness (QED) is 0.272. The minimum absolute atomic E-state index is 0.0191. The molecule has 2 rings (SSSR count). The zero-order chi connectivity index (χ0) is 21.6. The summed E-state index contributed by atoms with van der Waals surface area (Å²) in [6.07, 6.45) is 3.57. The van der Waals surface area contributed by atoms with Gasteiger partial charge in [0, 0.05) is 9.50 Å². The Morgan fingerprint density at radius 2 is 2.10 bits per heavy atom. The number of carbonyl (C=O) groups is 1. The number of ether oxygens (including phenoxy) is 1. The average Bonchev–Trinajstić information content (AvgIpc) is 3.05. The largest absolute Gasteiger partial charge is 0.501 e. The molecule has 0 unspecified atom stereocenters. The van der Waals surface area contributed by atoms with Crippen LogP contribution in [-0.4, -0.2) is 24.1 Å². The van der Waals surface area contributed by atoms with Crippen molar-refractivity contribution in [2.75, 3.05) is 7.11 Å². The van der Waals surface area contributed by atoms with Crippen molar-refractivity contribution in [1.29, 1.82) is 0 Å². The molecule has 0 saturated heterocycles. The molecule has 7 nitrogen and oxygen atoms in total. The molecule has 0 aliphatic rings. The van der Waals surface area contributed by atoms with E-state index in [4.69, 9.17) is 26.6 Å². The van der Waals surface area contributed by atoms with Crippen molar-refractivity contribution in [2.24, 2.45) is 10.7 Å². The molecule has 0 saturated carbocycles. The van der Waals surface area contributed by atoms with Gasteiger partial charge in [-0.2, -0.15) is 0 Å². The lowest BCUT2D eigenvalue weighted by Crippen LogP contribution is -2.37. The number of allylic oxidation sites excluding steroid dienone is 4. The molecule has 29 heavy (non-hydrogen) atoms. The molecule has 0 atom stereocenters. The first-order valence-electron chi connectivity index (χ1n) is 8.63. The summed E-state index contributed by atoms with van der Waals surface area (Å²) in [7, 11) is 1.58. The summed E-state index contributed by atoms with van der Waals surface area (Å²) >= 11 is 9.40. The number of carbonyl (C=O) groups excluding carboxylic acids is 1. The van der Waals surface area contributed by atoms with E-state index in [1.807, 2.05) is 19.9 Å². The molecule has 1 amide bonds. The standard InChI is InChI=1S/C20H22BrClN4O3/c1-11(5-6-12(2)28-4)18-17(13(3)29-26-18)19(27)25-20(23)24-10-14-7-15(21)9-16(22)8-14/h5-9H,10H2,1-4H3,(H3,23,24,25,27)/b11-5+,12-6+. The van der Waals surface area contributed by atoms with Crippen molar-refractivity contribution in [1.82, 2.24) is 10.5 Å². The maximum absolute atomic E-state index is 12.7. The van der Waals surface area contributed by atoms with Crippen LogP contribution in [0.5, 0.6) is 0 Å². The molecule has 1 heterocycles. The Bertz CT molecular complexity index is 975. The molecule has 0 fully saturated rings. The molecular formula is C20H22BrClN4O3. The Kier molecular flexibility index (Phi) is 8.04. The molecule has 0 aliphatic carbocycles. The van der Waals surface area contributed by atoms with Gasteiger partial charge in [0.2, 0.25) is 0 Å². The predicted molar refractivity (Wildman–Crippen MR) is 118 cm³/mol. The van der Waals surface area contributed by atoms with Gasteiger partial charge in [-0.1, -0.05) is 38.8 Å². The molecule has 0 bridgehead atoms. The lowest BCUT2D eigenvalue weighted by atomic mass is 10.1. The number of nitrogens with two attached hydrogens (primary N) is 1. The molecule has 154 valence electrons. The van der Waals surface area contributed by atoms with Gasteiger partial charge in [-0.15, -0.1) is 0 Å². The van der Waals surface area contributed by atoms with E-state index in [0.717, 1.165) is 21.4 Å². The SMILES string of the molecule is CO/C(C)=C/C=C(\C)c1noc(C)c1C(=O)NC(N)=NCc1cc(Cl)cc(Br)c1. The van der Waals surface area contributed by atoms with Crippen LogP contribution >= 0.6 is 27.5 Å². The number of rotatable bonds is 6. The van der Waals surface area contributed by atoms with Crippen LogP contribution in [0.25, 0.3) is 5.57 Å². The number of aliphatic imine (C=N–C) groups is 1. The van der Waals surface area contributed by atoms with Gasteiger partial charge < -0.3 is 15.0 Å². The van der Waals surface area contributed by atoms with Crippen LogP contribution in [-0.2, 0) is 11.3 Å². The molecule has 0 aliphatic heterocycles. The second-order valence-electron chi connectivity index (χ2n) is 6.23. The van der Waals surface area contributed by atoms with Crippen LogP contribution in [0.15, 0.2) is 50.1 Å². The van der Waals surface area contributed by atoms with Crippen LogP contribution < -0.4 is 11.1 Å². The second kappa shape index (κ2) is 10.3. The number of aromatic nitrogens is 1. The van der Waals surface area contributed by atoms with Crippen LogP contribution in [0.3, 0.4) is 0 Å². The van der Waals surface area contributed by atoms with Gasteiger partial charge in [-0.05, 0) is 56.2 Å². The molecule has 1 aromatic heterocycles. The number of guanidine groups is 1. The van der Waals surface area contributed by atoms with Gasteiger partial charge in [0.25, 0.3) is 5.91 Å². The Balaban J connectivity index is 2.17. The fourth-order valence-electron chi connectivity index (χ4n) is 2.40. The first-order chi connectivity index (χ1) is 13.7. The molecular weight excluding hydrogens is 460 g/mol. The Hall–Kier alpha value is -2.58. The average molecular weight is 482 g/mol. The maximum Gasteiger partial charge on any atom is 0.263 e. The van der Waals surface area contributed by atoms with Crippen molar-refractivity contribution in [3.05, 3.63) is 68.2 Å². The van der Waals surface area contributed by atoms with Crippen molar-refractivity contribution < 1.29 is 14.1 Å². The highest BCUT2D eigenvalue weighted by Crippen LogP contribution is 2.22. The van der Waals surface area contributed by atoms with Gasteiger partial charge in [0.15, 0.2) is 5.96 Å². The van der Waals surface area contributed by atoms with Crippen LogP contribution in [0.2, 0.25) is 5.02 Å². The summed E-state index contributed by atoms with van der Waals surface area (Å²) < 4.78 is 11.1. The summed E-state index contributed by atoms with van der Waals surface area (Å²) in [6.45, 7) is 5.57. The third-order valence-electron chi connectivity index (χ3n) is 3.95. The minimum Gasteiger partial charge on any atom is -0.501 e. The number of amides is 1. The minimum atomic E-state index is -0.451. The summed E-state index contributed by atoms with van der Waals surface area (Å²) in [5.74, 6) is 0.630. The van der Waals surface area contributed by atoms with Gasteiger partial charge in [-0.25, -0.2) is 4.99 Å². The lowest BCUT2D eigenvalue weighted by Gasteiger charge is -2.06. The van der Waals surface area contributed by atoms with Gasteiger partial charge in [0.05, 0.1) is 19.4 Å². The maximum atomic E-state index is 12.7. The first-order valence-corrected chi connectivity index (χ1v) is 9.80. The second-order valence-corrected chi connectivity index (χ2v) is 7.58. The Labute approximate surface area is 182 Å². The monoisotopic (exact) mass is 480 g/mol. The Morgan fingerprint density at radius 1 is 1.38 bits per heavy atom. The number of halogens is 2. The third kappa shape index (κ3) is 6.47. The topological polar surface area (TPSA) is 103 Å². The van der Waals surface area contributed by atoms with Crippen molar-refractivity contribution in [2.45, 2.75) is 27.3 Å². The van der Waals surface area contributed by atoms with E-state index < -0.39 is 5.91 Å². The number of methoxy groups -OCH3 is 1. The Morgan fingerprint density at radius 3 is 2.76 bits per heavy atom. The summed E-state index contributed by atoms with van der Waals surface area (Å²) in [5, 5.41) is 7.14. The highest BCUT2D eigenvalue weighted by molar-refractivity contribution is 9.10. The summed E-state index contributed by atoms with van der Waals surface area (Å²) in [5.41, 5.74) is 8.19. The van der Waals surface area contributed by atoms with E-state index in [-0.39, 0.29) is 12.5 Å². The van der Waals surface area contributed by atoms with E-state index in [1.165, 1.54) is 0 Å². The third-order valence-corrected chi connectivity index (χ3v) is 4.63. The zero-order valence-electron chi connectivity index (χ0n) is 16.5. The van der Waals surface area contributed by atoms with Crippen LogP contribution in [0.4, 0.5) is 0 Å². The molecule has 2 aromatic rings. The number of benzene rings is 1. The predicted octanol–water partition coefficient (Wildman–Crippen LogP) is 4.60. The van der Waals surface area contributed by atoms with Gasteiger partial charge >= 0.3 is 0 Å². The smallest absolute Gasteiger partial charge is 0.263 e. The van der Waals surface area contributed by atoms with E-state index >= 15 is 0 Å². The van der Waals surface area contributed by atoms with Crippen molar-refractivity contribution >= 4 is 45.0 Å². The van der Waals surface area contributed by atoms with E-state index in [9.17, 15) is 4.79 Å². The molecule has 0 spiro atoms. The van der Waals surface area contributed by atoms with Gasteiger partial charge in [0.1, 0.15) is 17.0 Å². The molecule has 3 N–H and O–H groups in total. The number of aryl methyl sites for hydroxylation is 1. The molecule has 0 radical (unpaired) electrons. The van der Waals surface area contributed by atoms with Crippen molar-refractivity contribution in [3.63, 3.8) is 0 Å². The van der Waals surface area contributed by atoms with Gasteiger partial charge in [-0.3, -0.25) is 10.1 Å². The number of hydrogen-bond acceptors (Lipinski definition) is 5. The van der Waals surface area contributed by atoms with Crippen LogP contribution in [0.1, 0.15) is 41.2 Å². The fraction of sp³-hybridized carbons (Fsp3) is 0.250. The highest BCUT2D eigenvalue weighted by atomic mass is 79.9. The lowest BCUT2D eigenvalue weighted by molar-refractivity contribution is 0.0975. The van der Waals surface area contributed by atoms with E-state index in [1.54, 1.807) is 38.3 Å². The van der Waals surface area contributed by atoms with Crippen LogP contribution in [0, 0.1) is 6.92 Å². The molecule has 9 heteroatoms. The molecule has 1 aromatic carbocycles. The fourth-order valence-corrected chi connectivity index (χ4v) is 3.33. The number of nitrogens with zero attached hydrogens (tertiary/aromatic N) is 2. The zero-order valence-corrected chi connectivity index (χ0v) is 18.9.